The summed E-state index contributed by atoms with van der Waals surface area (Å²) in [6, 6.07) is 8.49. The predicted molar refractivity (Wildman–Crippen MR) is 102 cm³/mol. The summed E-state index contributed by atoms with van der Waals surface area (Å²) in [5.41, 5.74) is 2.62. The minimum absolute atomic E-state index is 0.122. The molecule has 26 heavy (non-hydrogen) atoms. The second-order valence-electron chi connectivity index (χ2n) is 7.39. The van der Waals surface area contributed by atoms with Crippen molar-refractivity contribution in [3.63, 3.8) is 0 Å². The molecule has 2 saturated heterocycles. The van der Waals surface area contributed by atoms with Crippen molar-refractivity contribution in [1.29, 1.82) is 0 Å². The van der Waals surface area contributed by atoms with Crippen LogP contribution in [0.5, 0.6) is 0 Å². The normalized spacial score (nSPS) is 18.4. The van der Waals surface area contributed by atoms with Crippen LogP contribution in [0.15, 0.2) is 24.3 Å². The van der Waals surface area contributed by atoms with Gasteiger partial charge in [-0.25, -0.2) is 0 Å². The zero-order chi connectivity index (χ0) is 18.4. The first-order chi connectivity index (χ1) is 12.6. The van der Waals surface area contributed by atoms with E-state index in [-0.39, 0.29) is 11.8 Å². The van der Waals surface area contributed by atoms with E-state index in [4.69, 9.17) is 0 Å². The van der Waals surface area contributed by atoms with Crippen molar-refractivity contribution in [3.05, 3.63) is 29.8 Å². The molecule has 0 atom stereocenters. The number of piperazine rings is 1. The lowest BCUT2D eigenvalue weighted by molar-refractivity contribution is -0.892. The van der Waals surface area contributed by atoms with Crippen LogP contribution in [0.4, 0.5) is 5.69 Å². The van der Waals surface area contributed by atoms with E-state index >= 15 is 0 Å². The molecule has 2 fully saturated rings. The fourth-order valence-corrected chi connectivity index (χ4v) is 3.89. The van der Waals surface area contributed by atoms with Gasteiger partial charge in [-0.15, -0.1) is 0 Å². The number of nitrogens with zero attached hydrogens (tertiary/aromatic N) is 2. The lowest BCUT2D eigenvalue weighted by Gasteiger charge is -2.34. The smallest absolute Gasteiger partial charge is 0.275 e. The van der Waals surface area contributed by atoms with Gasteiger partial charge in [0.25, 0.3) is 5.91 Å². The van der Waals surface area contributed by atoms with E-state index in [2.05, 4.69) is 41.4 Å². The van der Waals surface area contributed by atoms with Gasteiger partial charge in [-0.3, -0.25) is 9.59 Å². The molecule has 0 saturated carbocycles. The van der Waals surface area contributed by atoms with Crippen LogP contribution in [0.3, 0.4) is 0 Å². The van der Waals surface area contributed by atoms with Gasteiger partial charge in [0.15, 0.2) is 6.54 Å². The van der Waals surface area contributed by atoms with Gasteiger partial charge in [0.2, 0.25) is 5.91 Å². The van der Waals surface area contributed by atoms with E-state index in [1.807, 2.05) is 4.90 Å². The molecule has 0 aliphatic carbocycles. The molecule has 0 aromatic heterocycles. The number of nitrogens with one attached hydrogen (secondary N) is 2. The number of rotatable bonds is 7. The maximum absolute atomic E-state index is 12.2. The molecule has 6 nitrogen and oxygen atoms in total. The van der Waals surface area contributed by atoms with Crippen molar-refractivity contribution < 1.29 is 14.5 Å². The molecule has 2 heterocycles. The standard InChI is InChI=1S/C20H30N4O2/c1-17-6-2-3-7-18(17)23-14-12-22(13-15-23)16-19(25)21-9-5-11-24-10-4-8-20(24)26/h2-3,6-7H,4-5,8-16H2,1H3,(H,21,25)/p+1. The predicted octanol–water partition coefficient (Wildman–Crippen LogP) is -0.171. The Morgan fingerprint density at radius 1 is 1.19 bits per heavy atom. The number of benzene rings is 1. The van der Waals surface area contributed by atoms with Gasteiger partial charge in [-0.1, -0.05) is 18.2 Å². The molecule has 2 amide bonds. The van der Waals surface area contributed by atoms with E-state index in [9.17, 15) is 9.59 Å². The maximum Gasteiger partial charge on any atom is 0.275 e. The molecule has 142 valence electrons. The number of aryl methyl sites for hydroxylation is 1. The third-order valence-electron chi connectivity index (χ3n) is 5.44. The Bertz CT molecular complexity index is 626. The third kappa shape index (κ3) is 4.97. The molecule has 1 aromatic carbocycles. The first-order valence-electron chi connectivity index (χ1n) is 9.82. The number of hydrogen-bond donors (Lipinski definition) is 2. The molecule has 0 unspecified atom stereocenters. The lowest BCUT2D eigenvalue weighted by atomic mass is 10.1. The number of carbonyl (C=O) groups is 2. The molecule has 1 aromatic rings. The van der Waals surface area contributed by atoms with Crippen LogP contribution in [-0.4, -0.2) is 69.1 Å². The molecule has 0 radical (unpaired) electrons. The molecule has 3 rings (SSSR count). The quantitative estimate of drug-likeness (QED) is 0.665. The highest BCUT2D eigenvalue weighted by Gasteiger charge is 2.23. The number of anilines is 1. The zero-order valence-corrected chi connectivity index (χ0v) is 15.8. The Balaban J connectivity index is 1.32. The average Bonchev–Trinajstić information content (AvgIpc) is 3.05. The fourth-order valence-electron chi connectivity index (χ4n) is 3.89. The van der Waals surface area contributed by atoms with Crippen LogP contribution in [0.25, 0.3) is 0 Å². The third-order valence-corrected chi connectivity index (χ3v) is 5.44. The van der Waals surface area contributed by atoms with Crippen LogP contribution >= 0.6 is 0 Å². The molecule has 6 heteroatoms. The van der Waals surface area contributed by atoms with E-state index in [1.54, 1.807) is 0 Å². The van der Waals surface area contributed by atoms with Gasteiger partial charge >= 0.3 is 0 Å². The second-order valence-corrected chi connectivity index (χ2v) is 7.39. The van der Waals surface area contributed by atoms with Gasteiger partial charge in [0.1, 0.15) is 0 Å². The van der Waals surface area contributed by atoms with Crippen LogP contribution in [0, 0.1) is 6.92 Å². The number of carbonyl (C=O) groups excluding carboxylic acids is 2. The Morgan fingerprint density at radius 2 is 1.96 bits per heavy atom. The Kier molecular flexibility index (Phi) is 6.50. The van der Waals surface area contributed by atoms with Gasteiger partial charge in [0.05, 0.1) is 26.2 Å². The van der Waals surface area contributed by atoms with Gasteiger partial charge in [0, 0.05) is 31.7 Å². The number of amides is 2. The summed E-state index contributed by atoms with van der Waals surface area (Å²) in [5, 5.41) is 3.01. The van der Waals surface area contributed by atoms with E-state index in [0.29, 0.717) is 19.5 Å². The number of para-hydroxylation sites is 1. The molecular formula is C20H31N4O2+. The lowest BCUT2D eigenvalue weighted by Crippen LogP contribution is -3.16. The molecule has 2 aliphatic rings. The molecule has 2 N–H and O–H groups in total. The SMILES string of the molecule is Cc1ccccc1N1CC[NH+](CC(=O)NCCCN2CCCC2=O)CC1. The Labute approximate surface area is 156 Å². The largest absolute Gasteiger partial charge is 0.360 e. The highest BCUT2D eigenvalue weighted by Crippen LogP contribution is 2.18. The fraction of sp³-hybridized carbons (Fsp3) is 0.600. The summed E-state index contributed by atoms with van der Waals surface area (Å²) in [4.78, 5) is 29.4. The summed E-state index contributed by atoms with van der Waals surface area (Å²) in [6.45, 7) is 8.96. The summed E-state index contributed by atoms with van der Waals surface area (Å²) in [5.74, 6) is 0.379. The van der Waals surface area contributed by atoms with E-state index in [1.165, 1.54) is 16.2 Å². The second kappa shape index (κ2) is 9.03. The number of quaternary nitrogens is 1. The van der Waals surface area contributed by atoms with E-state index in [0.717, 1.165) is 52.1 Å². The molecule has 2 aliphatic heterocycles. The molecule has 0 spiro atoms. The van der Waals surface area contributed by atoms with Crippen LogP contribution < -0.4 is 15.1 Å². The number of hydrogen-bond acceptors (Lipinski definition) is 3. The summed E-state index contributed by atoms with van der Waals surface area (Å²) >= 11 is 0. The summed E-state index contributed by atoms with van der Waals surface area (Å²) in [6.07, 6.45) is 2.50. The van der Waals surface area contributed by atoms with Crippen molar-refractivity contribution in [1.82, 2.24) is 10.2 Å². The van der Waals surface area contributed by atoms with Gasteiger partial charge in [-0.2, -0.15) is 0 Å². The number of likely N-dealkylation sites (tertiary alicyclic amines) is 1. The van der Waals surface area contributed by atoms with Crippen LogP contribution in [0.1, 0.15) is 24.8 Å². The first kappa shape index (κ1) is 18.7. The Hall–Kier alpha value is -2.08. The highest BCUT2D eigenvalue weighted by molar-refractivity contribution is 5.78. The van der Waals surface area contributed by atoms with Gasteiger partial charge in [-0.05, 0) is 31.4 Å². The van der Waals surface area contributed by atoms with Gasteiger partial charge < -0.3 is 20.0 Å². The average molecular weight is 359 g/mol. The zero-order valence-electron chi connectivity index (χ0n) is 15.8. The highest BCUT2D eigenvalue weighted by atomic mass is 16.2. The monoisotopic (exact) mass is 359 g/mol. The van der Waals surface area contributed by atoms with Crippen molar-refractivity contribution in [2.45, 2.75) is 26.2 Å². The summed E-state index contributed by atoms with van der Waals surface area (Å²) in [7, 11) is 0. The van der Waals surface area contributed by atoms with E-state index < -0.39 is 0 Å². The first-order valence-corrected chi connectivity index (χ1v) is 9.82. The van der Waals surface area contributed by atoms with Crippen molar-refractivity contribution in [2.24, 2.45) is 0 Å². The molecular weight excluding hydrogens is 328 g/mol. The summed E-state index contributed by atoms with van der Waals surface area (Å²) < 4.78 is 0. The maximum atomic E-state index is 12.2. The molecule has 0 bridgehead atoms. The minimum Gasteiger partial charge on any atom is -0.360 e. The van der Waals surface area contributed by atoms with Crippen molar-refractivity contribution in [2.75, 3.05) is 57.3 Å². The van der Waals surface area contributed by atoms with Crippen molar-refractivity contribution in [3.8, 4) is 0 Å². The van der Waals surface area contributed by atoms with Crippen LogP contribution in [0.2, 0.25) is 0 Å². The van der Waals surface area contributed by atoms with Crippen LogP contribution in [-0.2, 0) is 9.59 Å². The van der Waals surface area contributed by atoms with Crippen molar-refractivity contribution >= 4 is 17.5 Å². The minimum atomic E-state index is 0.122. The Morgan fingerprint density at radius 3 is 2.65 bits per heavy atom. The topological polar surface area (TPSA) is 57.1 Å².